The summed E-state index contributed by atoms with van der Waals surface area (Å²) in [5, 5.41) is 26.2. The predicted molar refractivity (Wildman–Crippen MR) is 121 cm³/mol. The maximum atomic E-state index is 12.6. The number of nitro groups is 2. The van der Waals surface area contributed by atoms with Gasteiger partial charge >= 0.3 is 15.8 Å². The molecule has 0 fully saturated rings. The van der Waals surface area contributed by atoms with Gasteiger partial charge < -0.3 is 4.18 Å². The van der Waals surface area contributed by atoms with Crippen molar-refractivity contribution in [2.75, 3.05) is 5.43 Å². The van der Waals surface area contributed by atoms with Crippen LogP contribution in [-0.4, -0.2) is 24.5 Å². The van der Waals surface area contributed by atoms with Gasteiger partial charge in [0.05, 0.1) is 22.1 Å². The molecule has 0 atom stereocenters. The van der Waals surface area contributed by atoms with Gasteiger partial charge in [-0.05, 0) is 43.3 Å². The average Bonchev–Trinajstić information content (AvgIpc) is 2.75. The molecule has 0 aliphatic heterocycles. The minimum Gasteiger partial charge on any atom is -0.378 e. The molecule has 13 heteroatoms. The van der Waals surface area contributed by atoms with Crippen LogP contribution in [0.25, 0.3) is 0 Å². The van der Waals surface area contributed by atoms with E-state index in [4.69, 9.17) is 15.8 Å². The summed E-state index contributed by atoms with van der Waals surface area (Å²) in [5.74, 6) is -0.0799. The van der Waals surface area contributed by atoms with Crippen LogP contribution in [0.1, 0.15) is 11.1 Å². The summed E-state index contributed by atoms with van der Waals surface area (Å²) in [6.45, 7) is 1.81. The second kappa shape index (κ2) is 9.63. The number of hydrazone groups is 1. The Balaban J connectivity index is 1.88. The first-order chi connectivity index (χ1) is 15.6. The van der Waals surface area contributed by atoms with E-state index in [0.717, 1.165) is 30.0 Å². The SMILES string of the molecule is Cc1ccc(S(=O)(=O)Oc2ccc(Cl)cc2/C=N/Nc2ccc([N+](=O)[O-])cc2[N+](=O)[O-])cc1. The molecule has 170 valence electrons. The number of nitrogens with one attached hydrogen (secondary N) is 1. The Morgan fingerprint density at radius 2 is 1.70 bits per heavy atom. The molecule has 0 spiro atoms. The van der Waals surface area contributed by atoms with Crippen LogP contribution in [0.2, 0.25) is 5.02 Å². The van der Waals surface area contributed by atoms with Crippen molar-refractivity contribution in [3.05, 3.63) is 97.0 Å². The van der Waals surface area contributed by atoms with Crippen LogP contribution in [0.3, 0.4) is 0 Å². The van der Waals surface area contributed by atoms with Crippen LogP contribution < -0.4 is 9.61 Å². The molecule has 0 heterocycles. The van der Waals surface area contributed by atoms with Gasteiger partial charge in [0.25, 0.3) is 5.69 Å². The van der Waals surface area contributed by atoms with Gasteiger partial charge in [0.2, 0.25) is 0 Å². The second-order valence-electron chi connectivity index (χ2n) is 6.62. The number of benzene rings is 3. The Labute approximate surface area is 192 Å². The Kier molecular flexibility index (Phi) is 6.89. The number of rotatable bonds is 8. The lowest BCUT2D eigenvalue weighted by atomic mass is 10.2. The molecule has 1 N–H and O–H groups in total. The van der Waals surface area contributed by atoms with Crippen LogP contribution in [0.5, 0.6) is 5.75 Å². The van der Waals surface area contributed by atoms with E-state index in [0.29, 0.717) is 0 Å². The molecular formula is C20H15ClN4O7S. The number of nitrogens with zero attached hydrogens (tertiary/aromatic N) is 3. The smallest absolute Gasteiger partial charge is 0.339 e. The molecule has 0 aromatic heterocycles. The summed E-state index contributed by atoms with van der Waals surface area (Å²) in [6.07, 6.45) is 1.15. The van der Waals surface area contributed by atoms with E-state index >= 15 is 0 Å². The lowest BCUT2D eigenvalue weighted by Crippen LogP contribution is -2.11. The third kappa shape index (κ3) is 5.81. The van der Waals surface area contributed by atoms with Crippen molar-refractivity contribution in [2.45, 2.75) is 11.8 Å². The lowest BCUT2D eigenvalue weighted by Gasteiger charge is -2.10. The van der Waals surface area contributed by atoms with Crippen LogP contribution in [-0.2, 0) is 10.1 Å². The molecule has 0 radical (unpaired) electrons. The third-order valence-corrected chi connectivity index (χ3v) is 5.74. The van der Waals surface area contributed by atoms with Gasteiger partial charge in [-0.15, -0.1) is 0 Å². The molecule has 0 saturated carbocycles. The molecule has 0 bridgehead atoms. The molecular weight excluding hydrogens is 476 g/mol. The van der Waals surface area contributed by atoms with Crippen molar-refractivity contribution in [3.63, 3.8) is 0 Å². The van der Waals surface area contributed by atoms with E-state index in [-0.39, 0.29) is 26.9 Å². The van der Waals surface area contributed by atoms with Gasteiger partial charge in [0.1, 0.15) is 10.6 Å². The molecule has 0 unspecified atom stereocenters. The van der Waals surface area contributed by atoms with Gasteiger partial charge in [-0.3, -0.25) is 25.7 Å². The van der Waals surface area contributed by atoms with E-state index in [9.17, 15) is 28.6 Å². The number of anilines is 1. The fraction of sp³-hybridized carbons (Fsp3) is 0.0500. The Bertz CT molecular complexity index is 1360. The molecule has 3 rings (SSSR count). The number of hydrogen-bond donors (Lipinski definition) is 1. The number of non-ortho nitro benzene ring substituents is 1. The summed E-state index contributed by atoms with van der Waals surface area (Å²) < 4.78 is 30.4. The third-order valence-electron chi connectivity index (χ3n) is 4.26. The van der Waals surface area contributed by atoms with Gasteiger partial charge in [0, 0.05) is 16.7 Å². The number of halogens is 1. The molecule has 0 saturated heterocycles. The fourth-order valence-electron chi connectivity index (χ4n) is 2.62. The maximum absolute atomic E-state index is 12.6. The molecule has 3 aromatic rings. The first-order valence-corrected chi connectivity index (χ1v) is 10.9. The first kappa shape index (κ1) is 23.6. The number of aryl methyl sites for hydroxylation is 1. The summed E-state index contributed by atoms with van der Waals surface area (Å²) in [6, 6.07) is 13.2. The standard InChI is InChI=1S/C20H15ClN4O7S/c1-13-2-6-17(7-3-13)33(30,31)32-20-9-4-15(21)10-14(20)12-22-23-18-8-5-16(24(26)27)11-19(18)25(28)29/h2-12,23H,1H3/b22-12+. The van der Waals surface area contributed by atoms with Crippen molar-refractivity contribution in [2.24, 2.45) is 5.10 Å². The van der Waals surface area contributed by atoms with Crippen molar-refractivity contribution in [3.8, 4) is 5.75 Å². The monoisotopic (exact) mass is 490 g/mol. The van der Waals surface area contributed by atoms with Crippen molar-refractivity contribution in [1.29, 1.82) is 0 Å². The lowest BCUT2D eigenvalue weighted by molar-refractivity contribution is -0.393. The zero-order chi connectivity index (χ0) is 24.2. The maximum Gasteiger partial charge on any atom is 0.339 e. The van der Waals surface area contributed by atoms with Crippen molar-refractivity contribution in [1.82, 2.24) is 0 Å². The van der Waals surface area contributed by atoms with Gasteiger partial charge in [-0.25, -0.2) is 0 Å². The summed E-state index contributed by atoms with van der Waals surface area (Å²) in [7, 11) is -4.15. The van der Waals surface area contributed by atoms with Gasteiger partial charge in [0.15, 0.2) is 5.75 Å². The van der Waals surface area contributed by atoms with Crippen molar-refractivity contribution >= 4 is 45.0 Å². The largest absolute Gasteiger partial charge is 0.378 e. The topological polar surface area (TPSA) is 154 Å². The highest BCUT2D eigenvalue weighted by Crippen LogP contribution is 2.29. The highest BCUT2D eigenvalue weighted by Gasteiger charge is 2.20. The normalized spacial score (nSPS) is 11.3. The van der Waals surface area contributed by atoms with Crippen LogP contribution in [0, 0.1) is 27.2 Å². The number of hydrogen-bond acceptors (Lipinski definition) is 9. The van der Waals surface area contributed by atoms with E-state index in [1.54, 1.807) is 12.1 Å². The summed E-state index contributed by atoms with van der Waals surface area (Å²) in [5.41, 5.74) is 2.32. The molecule has 0 amide bonds. The van der Waals surface area contributed by atoms with E-state index in [1.807, 2.05) is 6.92 Å². The number of nitro benzene ring substituents is 2. The Morgan fingerprint density at radius 1 is 1.00 bits per heavy atom. The predicted octanol–water partition coefficient (Wildman–Crippen LogP) is 4.68. The molecule has 33 heavy (non-hydrogen) atoms. The minimum absolute atomic E-state index is 0.0504. The van der Waals surface area contributed by atoms with Crippen molar-refractivity contribution < 1.29 is 22.4 Å². The highest BCUT2D eigenvalue weighted by atomic mass is 35.5. The Hall–Kier alpha value is -4.03. The zero-order valence-corrected chi connectivity index (χ0v) is 18.4. The van der Waals surface area contributed by atoms with E-state index in [2.05, 4.69) is 10.5 Å². The fourth-order valence-corrected chi connectivity index (χ4v) is 3.75. The quantitative estimate of drug-likeness (QED) is 0.206. The molecule has 3 aromatic carbocycles. The first-order valence-electron chi connectivity index (χ1n) is 9.09. The van der Waals surface area contributed by atoms with Gasteiger partial charge in [-0.1, -0.05) is 29.3 Å². The Morgan fingerprint density at radius 3 is 2.33 bits per heavy atom. The molecule has 11 nitrogen and oxygen atoms in total. The van der Waals surface area contributed by atoms with E-state index < -0.39 is 31.3 Å². The molecule has 0 aliphatic rings. The van der Waals surface area contributed by atoms with Gasteiger partial charge in [-0.2, -0.15) is 13.5 Å². The minimum atomic E-state index is -4.15. The summed E-state index contributed by atoms with van der Waals surface area (Å²) in [4.78, 5) is 20.5. The summed E-state index contributed by atoms with van der Waals surface area (Å²) >= 11 is 5.99. The second-order valence-corrected chi connectivity index (χ2v) is 8.60. The van der Waals surface area contributed by atoms with Crippen LogP contribution >= 0.6 is 11.6 Å². The average molecular weight is 491 g/mol. The zero-order valence-electron chi connectivity index (χ0n) is 16.8. The van der Waals surface area contributed by atoms with Crippen LogP contribution in [0.15, 0.2) is 70.7 Å². The highest BCUT2D eigenvalue weighted by molar-refractivity contribution is 7.87. The van der Waals surface area contributed by atoms with E-state index in [1.165, 1.54) is 30.3 Å². The molecule has 0 aliphatic carbocycles. The van der Waals surface area contributed by atoms with Crippen LogP contribution in [0.4, 0.5) is 17.1 Å².